The molecule has 0 spiro atoms. The van der Waals surface area contributed by atoms with Crippen molar-refractivity contribution in [1.82, 2.24) is 0 Å². The number of rotatable bonds is 8. The summed E-state index contributed by atoms with van der Waals surface area (Å²) in [5.41, 5.74) is 4.35. The highest BCUT2D eigenvalue weighted by molar-refractivity contribution is 6.30. The molecule has 0 N–H and O–H groups in total. The Morgan fingerprint density at radius 3 is 2.20 bits per heavy atom. The summed E-state index contributed by atoms with van der Waals surface area (Å²) in [6.45, 7) is 4.83. The van der Waals surface area contributed by atoms with Crippen molar-refractivity contribution >= 4 is 23.1 Å². The van der Waals surface area contributed by atoms with Gasteiger partial charge in [0.15, 0.2) is 23.0 Å². The van der Waals surface area contributed by atoms with E-state index in [1.165, 1.54) is 0 Å². The summed E-state index contributed by atoms with van der Waals surface area (Å²) in [7, 11) is 4.69. The third-order valence-corrected chi connectivity index (χ3v) is 8.11. The van der Waals surface area contributed by atoms with Gasteiger partial charge in [-0.2, -0.15) is 0 Å². The second-order valence-corrected chi connectivity index (χ2v) is 10.4. The summed E-state index contributed by atoms with van der Waals surface area (Å²) in [5.74, 6) is 1.31. The number of hydrogen-bond acceptors (Lipinski definition) is 8. The van der Waals surface area contributed by atoms with Gasteiger partial charge in [-0.1, -0.05) is 30.3 Å². The number of ether oxygens (including phenoxy) is 7. The SMILES string of the molecule is C=C(COC1c2cc3c(cc2[C@@H](c2cc(OC)c(OC)c(OC)c2)[C@H]2C(=O)OC[C@H]12)OCO3)c1ccc(Cl)cc1. The molecule has 3 aromatic rings. The summed E-state index contributed by atoms with van der Waals surface area (Å²) < 4.78 is 40.5. The Balaban J connectivity index is 1.45. The van der Waals surface area contributed by atoms with E-state index in [2.05, 4.69) is 6.58 Å². The van der Waals surface area contributed by atoms with Crippen LogP contribution in [0.25, 0.3) is 5.57 Å². The van der Waals surface area contributed by atoms with Gasteiger partial charge in [-0.25, -0.2) is 0 Å². The molecule has 8 nitrogen and oxygen atoms in total. The van der Waals surface area contributed by atoms with Crippen molar-refractivity contribution < 1.29 is 38.0 Å². The zero-order chi connectivity index (χ0) is 28.0. The molecule has 0 saturated carbocycles. The van der Waals surface area contributed by atoms with Crippen LogP contribution in [0, 0.1) is 11.8 Å². The average molecular weight is 565 g/mol. The largest absolute Gasteiger partial charge is 0.493 e. The summed E-state index contributed by atoms with van der Waals surface area (Å²) in [4.78, 5) is 13.4. The predicted octanol–water partition coefficient (Wildman–Crippen LogP) is 5.80. The first kappa shape index (κ1) is 26.3. The van der Waals surface area contributed by atoms with Gasteiger partial charge in [0.05, 0.1) is 46.6 Å². The molecular formula is C31H29ClO8. The first-order valence-corrected chi connectivity index (χ1v) is 13.3. The quantitative estimate of drug-likeness (QED) is 0.318. The lowest BCUT2D eigenvalue weighted by Crippen LogP contribution is -2.36. The first-order valence-electron chi connectivity index (χ1n) is 12.9. The van der Waals surface area contributed by atoms with Gasteiger partial charge in [0, 0.05) is 16.9 Å². The van der Waals surface area contributed by atoms with E-state index >= 15 is 0 Å². The molecule has 4 atom stereocenters. The number of methoxy groups -OCH3 is 3. The van der Waals surface area contributed by atoms with E-state index in [0.717, 1.165) is 27.8 Å². The van der Waals surface area contributed by atoms with Gasteiger partial charge >= 0.3 is 5.97 Å². The minimum Gasteiger partial charge on any atom is -0.493 e. The number of cyclic esters (lactones) is 1. The topological polar surface area (TPSA) is 81.7 Å². The minimum absolute atomic E-state index is 0.126. The highest BCUT2D eigenvalue weighted by Gasteiger charge is 2.53. The van der Waals surface area contributed by atoms with Crippen molar-refractivity contribution in [3.63, 3.8) is 0 Å². The number of hydrogen-bond donors (Lipinski definition) is 0. The molecule has 1 saturated heterocycles. The maximum Gasteiger partial charge on any atom is 0.310 e. The van der Waals surface area contributed by atoms with Gasteiger partial charge in [0.2, 0.25) is 12.5 Å². The third-order valence-electron chi connectivity index (χ3n) is 7.86. The lowest BCUT2D eigenvalue weighted by molar-refractivity contribution is -0.141. The van der Waals surface area contributed by atoms with Gasteiger partial charge in [-0.05, 0) is 64.2 Å². The van der Waals surface area contributed by atoms with Crippen LogP contribution in [-0.2, 0) is 14.3 Å². The Bertz CT molecular complexity index is 1440. The Labute approximate surface area is 237 Å². The van der Waals surface area contributed by atoms with Gasteiger partial charge in [0.1, 0.15) is 0 Å². The van der Waals surface area contributed by atoms with Crippen molar-refractivity contribution in [3.05, 3.63) is 82.4 Å². The molecule has 1 fully saturated rings. The molecule has 0 bridgehead atoms. The van der Waals surface area contributed by atoms with Crippen LogP contribution in [0.1, 0.15) is 34.3 Å². The van der Waals surface area contributed by atoms with Crippen LogP contribution in [-0.4, -0.2) is 47.3 Å². The fraction of sp³-hybridized carbons (Fsp3) is 0.323. The lowest BCUT2D eigenvalue weighted by Gasteiger charge is -2.39. The first-order chi connectivity index (χ1) is 19.4. The van der Waals surface area contributed by atoms with Crippen LogP contribution in [0.4, 0.5) is 0 Å². The molecule has 2 heterocycles. The predicted molar refractivity (Wildman–Crippen MR) is 148 cm³/mol. The van der Waals surface area contributed by atoms with Crippen molar-refractivity contribution in [2.75, 3.05) is 41.3 Å². The zero-order valence-electron chi connectivity index (χ0n) is 22.4. The smallest absolute Gasteiger partial charge is 0.310 e. The highest BCUT2D eigenvalue weighted by Crippen LogP contribution is 2.56. The molecule has 0 amide bonds. The maximum atomic E-state index is 13.4. The van der Waals surface area contributed by atoms with Crippen molar-refractivity contribution in [2.24, 2.45) is 11.8 Å². The molecule has 40 heavy (non-hydrogen) atoms. The molecule has 0 radical (unpaired) electrons. The van der Waals surface area contributed by atoms with E-state index in [1.54, 1.807) is 21.3 Å². The van der Waals surface area contributed by atoms with Crippen LogP contribution in [0.3, 0.4) is 0 Å². The highest BCUT2D eigenvalue weighted by atomic mass is 35.5. The number of carbonyl (C=O) groups is 1. The van der Waals surface area contributed by atoms with Crippen molar-refractivity contribution in [2.45, 2.75) is 12.0 Å². The summed E-state index contributed by atoms with van der Waals surface area (Å²) in [6, 6.07) is 15.1. The van der Waals surface area contributed by atoms with Gasteiger partial charge in [0.25, 0.3) is 0 Å². The Morgan fingerprint density at radius 1 is 0.925 bits per heavy atom. The fourth-order valence-corrected chi connectivity index (χ4v) is 6.09. The molecular weight excluding hydrogens is 536 g/mol. The van der Waals surface area contributed by atoms with E-state index in [-0.39, 0.29) is 37.8 Å². The fourth-order valence-electron chi connectivity index (χ4n) is 5.97. The van der Waals surface area contributed by atoms with Gasteiger partial charge in [-0.15, -0.1) is 0 Å². The molecule has 0 aromatic heterocycles. The maximum absolute atomic E-state index is 13.4. The van der Waals surface area contributed by atoms with E-state index in [0.29, 0.717) is 33.8 Å². The van der Waals surface area contributed by atoms with E-state index in [9.17, 15) is 4.79 Å². The normalized spacial score (nSPS) is 22.2. The van der Waals surface area contributed by atoms with Crippen molar-refractivity contribution in [3.8, 4) is 28.7 Å². The van der Waals surface area contributed by atoms with Crippen LogP contribution >= 0.6 is 11.6 Å². The van der Waals surface area contributed by atoms with Crippen LogP contribution in [0.2, 0.25) is 5.02 Å². The van der Waals surface area contributed by atoms with Crippen LogP contribution in [0.5, 0.6) is 28.7 Å². The lowest BCUT2D eigenvalue weighted by atomic mass is 9.66. The molecule has 1 aliphatic carbocycles. The Hall–Kier alpha value is -3.88. The number of fused-ring (bicyclic) bond motifs is 3. The molecule has 1 unspecified atom stereocenters. The minimum atomic E-state index is -0.510. The Kier molecular flexibility index (Phi) is 6.98. The third kappa shape index (κ3) is 4.41. The number of benzene rings is 3. The molecule has 208 valence electrons. The molecule has 6 rings (SSSR count). The Morgan fingerprint density at radius 2 is 1.57 bits per heavy atom. The monoisotopic (exact) mass is 564 g/mol. The van der Waals surface area contributed by atoms with Crippen molar-refractivity contribution in [1.29, 1.82) is 0 Å². The molecule has 2 aliphatic heterocycles. The van der Waals surface area contributed by atoms with E-state index in [1.807, 2.05) is 48.5 Å². The number of halogens is 1. The standard InChI is InChI=1S/C31H29ClO8/c1-16(17-5-7-19(32)8-6-17)13-37-29-21-12-24-23(39-15-40-24)11-20(21)27(28-22(29)14-38-31(28)33)18-9-25(34-2)30(36-4)26(10-18)35-3/h5-12,22,27-29H,1,13-15H2,2-4H3/t22-,27+,28-,29?/m0/s1. The zero-order valence-corrected chi connectivity index (χ0v) is 23.2. The summed E-state index contributed by atoms with van der Waals surface area (Å²) in [6.07, 6.45) is -0.441. The average Bonchev–Trinajstić information content (AvgIpc) is 3.59. The second kappa shape index (κ2) is 10.6. The van der Waals surface area contributed by atoms with Crippen LogP contribution < -0.4 is 23.7 Å². The van der Waals surface area contributed by atoms with Crippen LogP contribution in [0.15, 0.2) is 55.1 Å². The number of carbonyl (C=O) groups excluding carboxylic acids is 1. The summed E-state index contributed by atoms with van der Waals surface area (Å²) in [5, 5.41) is 0.650. The second-order valence-electron chi connectivity index (χ2n) is 9.93. The summed E-state index contributed by atoms with van der Waals surface area (Å²) >= 11 is 6.06. The number of esters is 1. The van der Waals surface area contributed by atoms with E-state index in [4.69, 9.17) is 44.8 Å². The molecule has 9 heteroatoms. The molecule has 3 aliphatic rings. The molecule has 3 aromatic carbocycles. The van der Waals surface area contributed by atoms with E-state index < -0.39 is 12.0 Å². The van der Waals surface area contributed by atoms with Gasteiger partial charge in [-0.3, -0.25) is 4.79 Å². The van der Waals surface area contributed by atoms with Gasteiger partial charge < -0.3 is 33.2 Å².